The summed E-state index contributed by atoms with van der Waals surface area (Å²) in [5, 5.41) is 1.40. The highest BCUT2D eigenvalue weighted by atomic mass is 32.1. The topological polar surface area (TPSA) is 6.48 Å². The molecule has 0 N–H and O–H groups in total. The second-order valence-corrected chi connectivity index (χ2v) is 5.86. The van der Waals surface area contributed by atoms with Crippen molar-refractivity contribution in [2.45, 2.75) is 0 Å². The molecule has 0 atom stereocenters. The summed E-state index contributed by atoms with van der Waals surface area (Å²) in [6, 6.07) is 15.1. The summed E-state index contributed by atoms with van der Waals surface area (Å²) < 4.78 is 0. The lowest BCUT2D eigenvalue weighted by Crippen LogP contribution is -2.44. The van der Waals surface area contributed by atoms with Crippen molar-refractivity contribution in [3.05, 3.63) is 42.5 Å². The normalized spacial score (nSPS) is 17.1. The third kappa shape index (κ3) is 2.42. The first-order chi connectivity index (χ1) is 8.83. The average molecular weight is 258 g/mol. The van der Waals surface area contributed by atoms with Crippen molar-refractivity contribution < 1.29 is 0 Å². The quantitative estimate of drug-likeness (QED) is 0.816. The van der Waals surface area contributed by atoms with Crippen LogP contribution in [0.4, 0.5) is 5.00 Å². The Labute approximate surface area is 112 Å². The zero-order valence-electron chi connectivity index (χ0n) is 10.7. The van der Waals surface area contributed by atoms with Gasteiger partial charge < -0.3 is 9.80 Å². The van der Waals surface area contributed by atoms with Crippen LogP contribution in [-0.2, 0) is 0 Å². The Hall–Kier alpha value is -1.32. The summed E-state index contributed by atoms with van der Waals surface area (Å²) in [6.07, 6.45) is 0. The number of hydrogen-bond donors (Lipinski definition) is 0. The number of hydrogen-bond acceptors (Lipinski definition) is 3. The summed E-state index contributed by atoms with van der Waals surface area (Å²) >= 11 is 1.90. The highest BCUT2D eigenvalue weighted by Crippen LogP contribution is 2.33. The number of nitrogens with zero attached hydrogens (tertiary/aromatic N) is 2. The van der Waals surface area contributed by atoms with Gasteiger partial charge in [0.2, 0.25) is 0 Å². The van der Waals surface area contributed by atoms with Gasteiger partial charge in [-0.25, -0.2) is 0 Å². The number of thiophene rings is 1. The average Bonchev–Trinajstić information content (AvgIpc) is 2.90. The fourth-order valence-electron chi connectivity index (χ4n) is 2.28. The molecule has 3 heteroatoms. The lowest BCUT2D eigenvalue weighted by molar-refractivity contribution is 0.313. The van der Waals surface area contributed by atoms with Crippen molar-refractivity contribution in [2.24, 2.45) is 0 Å². The molecule has 0 unspecified atom stereocenters. The van der Waals surface area contributed by atoms with Gasteiger partial charge >= 0.3 is 0 Å². The molecule has 0 bridgehead atoms. The summed E-state index contributed by atoms with van der Waals surface area (Å²) in [5.41, 5.74) is 1.32. The van der Waals surface area contributed by atoms with Gasteiger partial charge in [0.05, 0.1) is 5.00 Å². The molecule has 0 radical (unpaired) electrons. The molecule has 1 aliphatic rings. The number of likely N-dealkylation sites (N-methyl/N-ethyl adjacent to an activating group) is 1. The predicted octanol–water partition coefficient (Wildman–Crippen LogP) is 3.17. The van der Waals surface area contributed by atoms with E-state index in [4.69, 9.17) is 0 Å². The number of anilines is 1. The molecule has 3 rings (SSSR count). The van der Waals surface area contributed by atoms with E-state index in [-0.39, 0.29) is 0 Å². The highest BCUT2D eigenvalue weighted by molar-refractivity contribution is 7.19. The second-order valence-electron chi connectivity index (χ2n) is 4.79. The molecule has 2 aromatic rings. The Kier molecular flexibility index (Phi) is 3.35. The maximum atomic E-state index is 2.50. The van der Waals surface area contributed by atoms with Crippen molar-refractivity contribution in [3.63, 3.8) is 0 Å². The van der Waals surface area contributed by atoms with Crippen LogP contribution < -0.4 is 4.90 Å². The molecule has 94 valence electrons. The molecule has 0 saturated carbocycles. The molecule has 18 heavy (non-hydrogen) atoms. The zero-order chi connectivity index (χ0) is 12.4. The van der Waals surface area contributed by atoms with Gasteiger partial charge in [-0.1, -0.05) is 30.3 Å². The third-order valence-corrected chi connectivity index (χ3v) is 4.66. The van der Waals surface area contributed by atoms with E-state index in [0.29, 0.717) is 0 Å². The minimum atomic E-state index is 1.14. The lowest BCUT2D eigenvalue weighted by atomic mass is 10.2. The van der Waals surface area contributed by atoms with Crippen molar-refractivity contribution in [2.75, 3.05) is 38.1 Å². The van der Waals surface area contributed by atoms with Crippen molar-refractivity contribution in [3.8, 4) is 10.4 Å². The van der Waals surface area contributed by atoms with Crippen molar-refractivity contribution in [1.29, 1.82) is 0 Å². The van der Waals surface area contributed by atoms with Gasteiger partial charge in [0, 0.05) is 31.1 Å². The zero-order valence-corrected chi connectivity index (χ0v) is 11.5. The molecule has 1 aromatic heterocycles. The Balaban J connectivity index is 1.78. The molecule has 1 aromatic carbocycles. The van der Waals surface area contributed by atoms with Crippen LogP contribution in [0.2, 0.25) is 0 Å². The highest BCUT2D eigenvalue weighted by Gasteiger charge is 2.15. The fourth-order valence-corrected chi connectivity index (χ4v) is 3.35. The lowest BCUT2D eigenvalue weighted by Gasteiger charge is -2.32. The third-order valence-electron chi connectivity index (χ3n) is 3.47. The molecular formula is C15H18N2S. The van der Waals surface area contributed by atoms with Crippen LogP contribution in [0.15, 0.2) is 42.5 Å². The number of piperazine rings is 1. The van der Waals surface area contributed by atoms with Crippen LogP contribution in [0.1, 0.15) is 0 Å². The molecule has 0 aliphatic carbocycles. The van der Waals surface area contributed by atoms with E-state index < -0.39 is 0 Å². The molecule has 0 spiro atoms. The van der Waals surface area contributed by atoms with E-state index in [9.17, 15) is 0 Å². The smallest absolute Gasteiger partial charge is 0.0915 e. The van der Waals surface area contributed by atoms with Gasteiger partial charge in [0.1, 0.15) is 0 Å². The van der Waals surface area contributed by atoms with Crippen LogP contribution >= 0.6 is 11.3 Å². The van der Waals surface area contributed by atoms with Crippen molar-refractivity contribution >= 4 is 16.3 Å². The van der Waals surface area contributed by atoms with Gasteiger partial charge in [-0.15, -0.1) is 11.3 Å². The maximum Gasteiger partial charge on any atom is 0.0915 e. The first kappa shape index (κ1) is 11.8. The Bertz CT molecular complexity index is 498. The van der Waals surface area contributed by atoms with E-state index >= 15 is 0 Å². The standard InChI is InChI=1S/C15H18N2S/c1-16-9-11-17(12-10-16)15-8-7-14(18-15)13-5-3-2-4-6-13/h2-8H,9-12H2,1H3. The first-order valence-electron chi connectivity index (χ1n) is 6.42. The molecule has 0 amide bonds. The van der Waals surface area contributed by atoms with Crippen LogP contribution in [-0.4, -0.2) is 38.1 Å². The molecular weight excluding hydrogens is 240 g/mol. The number of benzene rings is 1. The van der Waals surface area contributed by atoms with E-state index in [1.54, 1.807) is 0 Å². The fraction of sp³-hybridized carbons (Fsp3) is 0.333. The Morgan fingerprint density at radius 2 is 1.61 bits per heavy atom. The van der Waals surface area contributed by atoms with E-state index in [2.05, 4.69) is 59.3 Å². The predicted molar refractivity (Wildman–Crippen MR) is 79.5 cm³/mol. The van der Waals surface area contributed by atoms with E-state index in [1.807, 2.05) is 11.3 Å². The molecule has 1 fully saturated rings. The van der Waals surface area contributed by atoms with E-state index in [1.165, 1.54) is 28.5 Å². The summed E-state index contributed by atoms with van der Waals surface area (Å²) in [4.78, 5) is 6.25. The first-order valence-corrected chi connectivity index (χ1v) is 7.23. The van der Waals surface area contributed by atoms with Gasteiger partial charge in [-0.05, 0) is 24.7 Å². The minimum Gasteiger partial charge on any atom is -0.361 e. The monoisotopic (exact) mass is 258 g/mol. The van der Waals surface area contributed by atoms with Gasteiger partial charge in [-0.2, -0.15) is 0 Å². The van der Waals surface area contributed by atoms with Crippen LogP contribution in [0.3, 0.4) is 0 Å². The SMILES string of the molecule is CN1CCN(c2ccc(-c3ccccc3)s2)CC1. The largest absolute Gasteiger partial charge is 0.361 e. The Morgan fingerprint density at radius 3 is 2.33 bits per heavy atom. The second kappa shape index (κ2) is 5.12. The van der Waals surface area contributed by atoms with Crippen LogP contribution in [0.5, 0.6) is 0 Å². The summed E-state index contributed by atoms with van der Waals surface area (Å²) in [6.45, 7) is 4.62. The van der Waals surface area contributed by atoms with Crippen molar-refractivity contribution in [1.82, 2.24) is 4.90 Å². The minimum absolute atomic E-state index is 1.14. The Morgan fingerprint density at radius 1 is 0.889 bits per heavy atom. The molecule has 2 nitrogen and oxygen atoms in total. The van der Waals surface area contributed by atoms with Gasteiger partial charge in [-0.3, -0.25) is 0 Å². The van der Waals surface area contributed by atoms with Crippen LogP contribution in [0.25, 0.3) is 10.4 Å². The molecule has 2 heterocycles. The summed E-state index contributed by atoms with van der Waals surface area (Å²) in [5.74, 6) is 0. The summed E-state index contributed by atoms with van der Waals surface area (Å²) in [7, 11) is 2.20. The number of rotatable bonds is 2. The van der Waals surface area contributed by atoms with Gasteiger partial charge in [0.15, 0.2) is 0 Å². The maximum absolute atomic E-state index is 2.50. The molecule has 1 saturated heterocycles. The molecule has 1 aliphatic heterocycles. The van der Waals surface area contributed by atoms with Gasteiger partial charge in [0.25, 0.3) is 0 Å². The van der Waals surface area contributed by atoms with Crippen LogP contribution in [0, 0.1) is 0 Å². The van der Waals surface area contributed by atoms with E-state index in [0.717, 1.165) is 13.1 Å².